The highest BCUT2D eigenvalue weighted by molar-refractivity contribution is 6.31. The molecule has 0 aromatic heterocycles. The molecule has 1 saturated heterocycles. The molecular formula is C14H14ClFN2O2. The van der Waals surface area contributed by atoms with Crippen LogP contribution in [0.25, 0.3) is 0 Å². The van der Waals surface area contributed by atoms with E-state index in [-0.39, 0.29) is 35.0 Å². The Labute approximate surface area is 120 Å². The van der Waals surface area contributed by atoms with Gasteiger partial charge in [0.25, 0.3) is 5.91 Å². The fourth-order valence-electron chi connectivity index (χ4n) is 2.71. The van der Waals surface area contributed by atoms with Crippen molar-refractivity contribution < 1.29 is 14.0 Å². The van der Waals surface area contributed by atoms with E-state index in [0.717, 1.165) is 12.8 Å². The molecule has 1 heterocycles. The summed E-state index contributed by atoms with van der Waals surface area (Å²) in [6, 6.07) is 4.44. The first-order valence-electron chi connectivity index (χ1n) is 6.50. The van der Waals surface area contributed by atoms with Crippen molar-refractivity contribution in [2.24, 2.45) is 5.92 Å². The zero-order valence-corrected chi connectivity index (χ0v) is 11.7. The van der Waals surface area contributed by atoms with Gasteiger partial charge in [-0.15, -0.1) is 0 Å². The third kappa shape index (κ3) is 1.97. The van der Waals surface area contributed by atoms with Gasteiger partial charge in [0.15, 0.2) is 5.82 Å². The minimum absolute atomic E-state index is 0.0595. The molecular weight excluding hydrogens is 283 g/mol. The fourth-order valence-corrected chi connectivity index (χ4v) is 2.88. The van der Waals surface area contributed by atoms with Gasteiger partial charge in [-0.25, -0.2) is 4.39 Å². The Balaban J connectivity index is 2.02. The Bertz CT molecular complexity index is 603. The standard InChI is InChI=1S/C14H14ClFN2O2/c1-14(8-5-6-8)13(20)18(7-11(19)17-14)10-4-2-3-9(15)12(10)16/h2-4,8H,5-7H2,1H3,(H,17,19). The number of amides is 2. The van der Waals surface area contributed by atoms with Crippen molar-refractivity contribution >= 4 is 29.1 Å². The van der Waals surface area contributed by atoms with Crippen LogP contribution in [-0.4, -0.2) is 23.9 Å². The molecule has 1 aromatic carbocycles. The molecule has 0 radical (unpaired) electrons. The van der Waals surface area contributed by atoms with E-state index < -0.39 is 11.4 Å². The number of benzene rings is 1. The van der Waals surface area contributed by atoms with Crippen molar-refractivity contribution in [3.05, 3.63) is 29.0 Å². The predicted molar refractivity (Wildman–Crippen MR) is 73.0 cm³/mol. The maximum absolute atomic E-state index is 14.1. The van der Waals surface area contributed by atoms with Crippen LogP contribution < -0.4 is 10.2 Å². The monoisotopic (exact) mass is 296 g/mol. The summed E-state index contributed by atoms with van der Waals surface area (Å²) in [5, 5.41) is 2.69. The van der Waals surface area contributed by atoms with E-state index in [1.165, 1.54) is 17.0 Å². The van der Waals surface area contributed by atoms with Gasteiger partial charge >= 0.3 is 0 Å². The Morgan fingerprint density at radius 3 is 2.75 bits per heavy atom. The molecule has 1 N–H and O–H groups in total. The molecule has 1 aromatic rings. The zero-order valence-electron chi connectivity index (χ0n) is 11.0. The van der Waals surface area contributed by atoms with Gasteiger partial charge in [-0.2, -0.15) is 0 Å². The second-order valence-corrected chi connectivity index (χ2v) is 5.90. The van der Waals surface area contributed by atoms with Crippen LogP contribution in [-0.2, 0) is 9.59 Å². The Morgan fingerprint density at radius 2 is 2.10 bits per heavy atom. The number of halogens is 2. The molecule has 3 rings (SSSR count). The van der Waals surface area contributed by atoms with Crippen LogP contribution in [0, 0.1) is 11.7 Å². The van der Waals surface area contributed by atoms with Crippen LogP contribution in [0.4, 0.5) is 10.1 Å². The molecule has 1 aliphatic heterocycles. The second-order valence-electron chi connectivity index (χ2n) is 5.49. The van der Waals surface area contributed by atoms with E-state index >= 15 is 0 Å². The first kappa shape index (κ1) is 13.4. The van der Waals surface area contributed by atoms with Crippen molar-refractivity contribution in [3.63, 3.8) is 0 Å². The summed E-state index contributed by atoms with van der Waals surface area (Å²) in [5.74, 6) is -1.10. The molecule has 0 spiro atoms. The van der Waals surface area contributed by atoms with Crippen molar-refractivity contribution in [2.45, 2.75) is 25.3 Å². The number of anilines is 1. The van der Waals surface area contributed by atoms with Gasteiger partial charge < -0.3 is 5.32 Å². The van der Waals surface area contributed by atoms with Crippen molar-refractivity contribution in [1.29, 1.82) is 0 Å². The molecule has 4 nitrogen and oxygen atoms in total. The van der Waals surface area contributed by atoms with Gasteiger partial charge in [0.1, 0.15) is 12.1 Å². The molecule has 1 saturated carbocycles. The molecule has 6 heteroatoms. The van der Waals surface area contributed by atoms with Crippen molar-refractivity contribution in [3.8, 4) is 0 Å². The summed E-state index contributed by atoms with van der Waals surface area (Å²) >= 11 is 5.75. The molecule has 1 atom stereocenters. The average Bonchev–Trinajstić information content (AvgIpc) is 3.22. The number of rotatable bonds is 2. The summed E-state index contributed by atoms with van der Waals surface area (Å²) in [6.45, 7) is 1.53. The SMILES string of the molecule is CC1(C2CC2)NC(=O)CN(c2cccc(Cl)c2F)C1=O. The van der Waals surface area contributed by atoms with E-state index in [2.05, 4.69) is 5.32 Å². The molecule has 20 heavy (non-hydrogen) atoms. The first-order valence-corrected chi connectivity index (χ1v) is 6.88. The van der Waals surface area contributed by atoms with Gasteiger partial charge in [-0.1, -0.05) is 17.7 Å². The summed E-state index contributed by atoms with van der Waals surface area (Å²) < 4.78 is 14.1. The maximum atomic E-state index is 14.1. The summed E-state index contributed by atoms with van der Waals surface area (Å²) in [5.41, 5.74) is -0.881. The number of nitrogens with zero attached hydrogens (tertiary/aromatic N) is 1. The van der Waals surface area contributed by atoms with Gasteiger partial charge in [-0.3, -0.25) is 14.5 Å². The van der Waals surface area contributed by atoms with Gasteiger partial charge in [0, 0.05) is 0 Å². The molecule has 0 bridgehead atoms. The van der Waals surface area contributed by atoms with E-state index in [9.17, 15) is 14.0 Å². The summed E-state index contributed by atoms with van der Waals surface area (Å²) in [6.07, 6.45) is 1.79. The van der Waals surface area contributed by atoms with Gasteiger partial charge in [0.05, 0.1) is 10.7 Å². The molecule has 2 fully saturated rings. The lowest BCUT2D eigenvalue weighted by atomic mass is 9.91. The number of nitrogens with one attached hydrogen (secondary N) is 1. The summed E-state index contributed by atoms with van der Waals surface area (Å²) in [7, 11) is 0. The lowest BCUT2D eigenvalue weighted by Gasteiger charge is -2.40. The van der Waals surface area contributed by atoms with Crippen molar-refractivity contribution in [2.75, 3.05) is 11.4 Å². The number of hydrogen-bond acceptors (Lipinski definition) is 2. The topological polar surface area (TPSA) is 49.4 Å². The van der Waals surface area contributed by atoms with E-state index in [1.54, 1.807) is 13.0 Å². The van der Waals surface area contributed by atoms with E-state index in [4.69, 9.17) is 11.6 Å². The second kappa shape index (κ2) is 4.45. The summed E-state index contributed by atoms with van der Waals surface area (Å²) in [4.78, 5) is 25.7. The van der Waals surface area contributed by atoms with Crippen LogP contribution >= 0.6 is 11.6 Å². The fraction of sp³-hybridized carbons (Fsp3) is 0.429. The highest BCUT2D eigenvalue weighted by Crippen LogP contribution is 2.42. The van der Waals surface area contributed by atoms with Crippen LogP contribution in [0.5, 0.6) is 0 Å². The van der Waals surface area contributed by atoms with E-state index in [0.29, 0.717) is 0 Å². The maximum Gasteiger partial charge on any atom is 0.253 e. The normalized spacial score (nSPS) is 26.6. The van der Waals surface area contributed by atoms with Crippen LogP contribution in [0.1, 0.15) is 19.8 Å². The zero-order chi connectivity index (χ0) is 14.5. The molecule has 2 aliphatic rings. The Hall–Kier alpha value is -1.62. The number of hydrogen-bond donors (Lipinski definition) is 1. The molecule has 106 valence electrons. The predicted octanol–water partition coefficient (Wildman–Crippen LogP) is 2.11. The quantitative estimate of drug-likeness (QED) is 0.909. The lowest BCUT2D eigenvalue weighted by Crippen LogP contribution is -2.66. The molecule has 1 aliphatic carbocycles. The van der Waals surface area contributed by atoms with Crippen LogP contribution in [0.3, 0.4) is 0 Å². The largest absolute Gasteiger partial charge is 0.340 e. The smallest absolute Gasteiger partial charge is 0.253 e. The Kier molecular flexibility index (Phi) is 2.97. The number of piperazine rings is 1. The van der Waals surface area contributed by atoms with Crippen LogP contribution in [0.2, 0.25) is 5.02 Å². The highest BCUT2D eigenvalue weighted by atomic mass is 35.5. The van der Waals surface area contributed by atoms with E-state index in [1.807, 2.05) is 0 Å². The minimum Gasteiger partial charge on any atom is -0.340 e. The third-order valence-electron chi connectivity index (χ3n) is 4.01. The molecule has 1 unspecified atom stereocenters. The average molecular weight is 297 g/mol. The minimum atomic E-state index is -0.940. The highest BCUT2D eigenvalue weighted by Gasteiger charge is 2.53. The van der Waals surface area contributed by atoms with Gasteiger partial charge in [-0.05, 0) is 37.8 Å². The van der Waals surface area contributed by atoms with Crippen molar-refractivity contribution in [1.82, 2.24) is 5.32 Å². The number of carbonyl (C=O) groups is 2. The number of carbonyl (C=O) groups excluding carboxylic acids is 2. The van der Waals surface area contributed by atoms with Gasteiger partial charge in [0.2, 0.25) is 5.91 Å². The van der Waals surface area contributed by atoms with Crippen LogP contribution in [0.15, 0.2) is 18.2 Å². The third-order valence-corrected chi connectivity index (χ3v) is 4.30. The lowest BCUT2D eigenvalue weighted by molar-refractivity contribution is -0.136. The molecule has 2 amide bonds. The Morgan fingerprint density at radius 1 is 1.40 bits per heavy atom. The first-order chi connectivity index (χ1) is 9.43.